The van der Waals surface area contributed by atoms with Crippen molar-refractivity contribution in [2.24, 2.45) is 5.16 Å². The molecule has 0 bridgehead atoms. The number of hydrogen-bond donors (Lipinski definition) is 1. The Morgan fingerprint density at radius 1 is 1.30 bits per heavy atom. The maximum atomic E-state index is 11.5. The van der Waals surface area contributed by atoms with Crippen molar-refractivity contribution < 1.29 is 14.6 Å². The number of nitrogens with one attached hydrogen (secondary N) is 1. The van der Waals surface area contributed by atoms with Crippen LogP contribution in [0.5, 0.6) is 0 Å². The van der Waals surface area contributed by atoms with Gasteiger partial charge in [0.15, 0.2) is 0 Å². The highest BCUT2D eigenvalue weighted by atomic mass is 16.7. The summed E-state index contributed by atoms with van der Waals surface area (Å²) in [6.45, 7) is 0. The van der Waals surface area contributed by atoms with Gasteiger partial charge in [-0.05, 0) is 31.7 Å². The van der Waals surface area contributed by atoms with Crippen molar-refractivity contribution in [1.82, 2.24) is 0 Å². The van der Waals surface area contributed by atoms with Crippen molar-refractivity contribution in [3.05, 3.63) is 34.4 Å². The molecule has 1 saturated carbocycles. The van der Waals surface area contributed by atoms with E-state index in [1.807, 2.05) is 0 Å². The molecule has 0 radical (unpaired) electrons. The topological polar surface area (TPSA) is 93.8 Å². The van der Waals surface area contributed by atoms with Crippen LogP contribution in [0.15, 0.2) is 29.4 Å². The van der Waals surface area contributed by atoms with Crippen LogP contribution < -0.4 is 5.32 Å². The molecule has 1 aliphatic carbocycles. The van der Waals surface area contributed by atoms with Crippen LogP contribution in [0.4, 0.5) is 16.2 Å². The number of rotatable bonds is 3. The molecule has 1 fully saturated rings. The summed E-state index contributed by atoms with van der Waals surface area (Å²) in [5.41, 5.74) is 1.08. The van der Waals surface area contributed by atoms with Crippen molar-refractivity contribution in [3.8, 4) is 0 Å². The number of non-ortho nitro benzene ring substituents is 1. The number of amides is 1. The first-order chi connectivity index (χ1) is 9.65. The Bertz CT molecular complexity index is 534. The van der Waals surface area contributed by atoms with E-state index in [9.17, 15) is 14.9 Å². The van der Waals surface area contributed by atoms with E-state index in [2.05, 4.69) is 10.5 Å². The van der Waals surface area contributed by atoms with Crippen LogP contribution in [0, 0.1) is 10.1 Å². The molecule has 1 aromatic carbocycles. The van der Waals surface area contributed by atoms with Gasteiger partial charge < -0.3 is 0 Å². The molecule has 1 aliphatic rings. The van der Waals surface area contributed by atoms with Crippen LogP contribution >= 0.6 is 0 Å². The Hall–Kier alpha value is -2.44. The first-order valence-electron chi connectivity index (χ1n) is 6.43. The molecule has 20 heavy (non-hydrogen) atoms. The first kappa shape index (κ1) is 14.0. The van der Waals surface area contributed by atoms with Gasteiger partial charge in [0.2, 0.25) is 0 Å². The average molecular weight is 277 g/mol. The van der Waals surface area contributed by atoms with E-state index in [0.29, 0.717) is 5.69 Å². The molecule has 0 heterocycles. The van der Waals surface area contributed by atoms with Gasteiger partial charge in [0.1, 0.15) is 0 Å². The van der Waals surface area contributed by atoms with Gasteiger partial charge in [0, 0.05) is 12.1 Å². The van der Waals surface area contributed by atoms with Crippen molar-refractivity contribution >= 4 is 23.2 Å². The Morgan fingerprint density at radius 3 is 2.75 bits per heavy atom. The molecule has 1 aromatic rings. The fourth-order valence-corrected chi connectivity index (χ4v) is 2.00. The Kier molecular flexibility index (Phi) is 4.65. The number of benzene rings is 1. The van der Waals surface area contributed by atoms with Crippen molar-refractivity contribution in [2.75, 3.05) is 5.32 Å². The SMILES string of the molecule is O=C(Nc1cccc([N+](=O)[O-])c1)ON=C1CCCCC1. The molecule has 0 saturated heterocycles. The van der Waals surface area contributed by atoms with Crippen LogP contribution in [0.3, 0.4) is 0 Å². The molecule has 0 aliphatic heterocycles. The van der Waals surface area contributed by atoms with Crippen LogP contribution in [0.2, 0.25) is 0 Å². The summed E-state index contributed by atoms with van der Waals surface area (Å²) in [5.74, 6) is 0. The Morgan fingerprint density at radius 2 is 2.05 bits per heavy atom. The van der Waals surface area contributed by atoms with Gasteiger partial charge in [-0.2, -0.15) is 0 Å². The van der Waals surface area contributed by atoms with Crippen LogP contribution in [0.25, 0.3) is 0 Å². The first-order valence-corrected chi connectivity index (χ1v) is 6.43. The quantitative estimate of drug-likeness (QED) is 0.520. The molecular weight excluding hydrogens is 262 g/mol. The molecule has 7 heteroatoms. The number of oxime groups is 1. The fraction of sp³-hybridized carbons (Fsp3) is 0.385. The number of hydrogen-bond acceptors (Lipinski definition) is 5. The number of carbonyl (C=O) groups is 1. The van der Waals surface area contributed by atoms with Gasteiger partial charge in [-0.1, -0.05) is 17.6 Å². The monoisotopic (exact) mass is 277 g/mol. The number of nitro groups is 1. The second-order valence-corrected chi connectivity index (χ2v) is 4.53. The highest BCUT2D eigenvalue weighted by Crippen LogP contribution is 2.18. The molecule has 1 N–H and O–H groups in total. The van der Waals surface area contributed by atoms with Crippen LogP contribution in [0.1, 0.15) is 32.1 Å². The minimum atomic E-state index is -0.747. The molecule has 0 aromatic heterocycles. The van der Waals surface area contributed by atoms with Crippen LogP contribution in [-0.4, -0.2) is 16.7 Å². The highest BCUT2D eigenvalue weighted by molar-refractivity contribution is 5.88. The Balaban J connectivity index is 1.91. The summed E-state index contributed by atoms with van der Waals surface area (Å²) >= 11 is 0. The minimum absolute atomic E-state index is 0.0959. The maximum absolute atomic E-state index is 11.5. The molecule has 0 spiro atoms. The van der Waals surface area contributed by atoms with Gasteiger partial charge in [-0.25, -0.2) is 4.79 Å². The van der Waals surface area contributed by atoms with Gasteiger partial charge >= 0.3 is 6.09 Å². The normalized spacial score (nSPS) is 14.5. The van der Waals surface area contributed by atoms with E-state index in [1.54, 1.807) is 6.07 Å². The van der Waals surface area contributed by atoms with E-state index in [4.69, 9.17) is 4.84 Å². The van der Waals surface area contributed by atoms with E-state index in [1.165, 1.54) is 24.6 Å². The predicted molar refractivity (Wildman–Crippen MR) is 73.7 cm³/mol. The lowest BCUT2D eigenvalue weighted by Crippen LogP contribution is -2.13. The van der Waals surface area contributed by atoms with Crippen LogP contribution in [-0.2, 0) is 4.84 Å². The van der Waals surface area contributed by atoms with Crippen molar-refractivity contribution in [1.29, 1.82) is 0 Å². The molecule has 106 valence electrons. The maximum Gasteiger partial charge on any atom is 0.437 e. The van der Waals surface area contributed by atoms with Gasteiger partial charge in [0.25, 0.3) is 5.69 Å². The number of nitro benzene ring substituents is 1. The third-order valence-electron chi connectivity index (χ3n) is 2.99. The van der Waals surface area contributed by atoms with E-state index in [-0.39, 0.29) is 5.69 Å². The van der Waals surface area contributed by atoms with E-state index >= 15 is 0 Å². The summed E-state index contributed by atoms with van der Waals surface area (Å²) in [7, 11) is 0. The number of anilines is 1. The lowest BCUT2D eigenvalue weighted by atomic mass is 9.99. The summed E-state index contributed by atoms with van der Waals surface area (Å²) in [6, 6.07) is 5.64. The number of carbonyl (C=O) groups excluding carboxylic acids is 1. The summed E-state index contributed by atoms with van der Waals surface area (Å²) in [6.07, 6.45) is 4.26. The lowest BCUT2D eigenvalue weighted by molar-refractivity contribution is -0.384. The average Bonchev–Trinajstić information content (AvgIpc) is 2.46. The summed E-state index contributed by atoms with van der Waals surface area (Å²) in [5, 5.41) is 16.8. The zero-order valence-electron chi connectivity index (χ0n) is 10.9. The molecule has 2 rings (SSSR count). The van der Waals surface area contributed by atoms with Gasteiger partial charge in [0.05, 0.1) is 16.3 Å². The molecule has 0 unspecified atom stereocenters. The largest absolute Gasteiger partial charge is 0.437 e. The van der Waals surface area contributed by atoms with E-state index in [0.717, 1.165) is 31.4 Å². The van der Waals surface area contributed by atoms with E-state index < -0.39 is 11.0 Å². The molecule has 1 amide bonds. The van der Waals surface area contributed by atoms with Crippen molar-refractivity contribution in [3.63, 3.8) is 0 Å². The van der Waals surface area contributed by atoms with Gasteiger partial charge in [-0.15, -0.1) is 0 Å². The lowest BCUT2D eigenvalue weighted by Gasteiger charge is -2.11. The number of nitrogens with zero attached hydrogens (tertiary/aromatic N) is 2. The Labute approximate surface area is 115 Å². The molecule has 0 atom stereocenters. The van der Waals surface area contributed by atoms with Crippen molar-refractivity contribution in [2.45, 2.75) is 32.1 Å². The molecular formula is C13H15N3O4. The third-order valence-corrected chi connectivity index (χ3v) is 2.99. The predicted octanol–water partition coefficient (Wildman–Crippen LogP) is 3.46. The second kappa shape index (κ2) is 6.65. The minimum Gasteiger partial charge on any atom is -0.298 e. The van der Waals surface area contributed by atoms with Gasteiger partial charge in [-0.3, -0.25) is 20.3 Å². The summed E-state index contributed by atoms with van der Waals surface area (Å²) < 4.78 is 0. The smallest absolute Gasteiger partial charge is 0.298 e. The highest BCUT2D eigenvalue weighted by Gasteiger charge is 2.11. The third kappa shape index (κ3) is 4.04. The molecule has 7 nitrogen and oxygen atoms in total. The zero-order chi connectivity index (χ0) is 14.4. The standard InChI is InChI=1S/C13H15N3O4/c17-13(20-15-10-5-2-1-3-6-10)14-11-7-4-8-12(9-11)16(18)19/h4,7-9H,1-3,5-6H2,(H,14,17). The fourth-order valence-electron chi connectivity index (χ4n) is 2.00. The zero-order valence-corrected chi connectivity index (χ0v) is 10.9. The summed E-state index contributed by atoms with van der Waals surface area (Å²) in [4.78, 5) is 26.4. The second-order valence-electron chi connectivity index (χ2n) is 4.53.